The van der Waals surface area contributed by atoms with E-state index in [4.69, 9.17) is 0 Å². The zero-order valence-electron chi connectivity index (χ0n) is 9.53. The van der Waals surface area contributed by atoms with E-state index in [-0.39, 0.29) is 5.41 Å². The molecule has 1 rings (SSSR count). The van der Waals surface area contributed by atoms with Crippen LogP contribution < -0.4 is 4.72 Å². The predicted molar refractivity (Wildman–Crippen MR) is 63.6 cm³/mol. The Balaban J connectivity index is 2.91. The van der Waals surface area contributed by atoms with Crippen LogP contribution in [0.3, 0.4) is 0 Å². The highest BCUT2D eigenvalue weighted by atomic mass is 32.2. The quantitative estimate of drug-likeness (QED) is 0.843. The molecule has 15 heavy (non-hydrogen) atoms. The Kier molecular flexibility index (Phi) is 3.09. The number of rotatable bonds is 2. The standard InChI is InChI=1S/C11H17NO2S/c1-11(2,3)9-5-7-10(8-6-9)12-15(4,13)14/h5-8,12H,1-4H3. The minimum atomic E-state index is -3.18. The summed E-state index contributed by atoms with van der Waals surface area (Å²) in [4.78, 5) is 0. The topological polar surface area (TPSA) is 46.2 Å². The van der Waals surface area contributed by atoms with Gasteiger partial charge in [-0.2, -0.15) is 0 Å². The highest BCUT2D eigenvalue weighted by Gasteiger charge is 2.13. The fraction of sp³-hybridized carbons (Fsp3) is 0.455. The minimum absolute atomic E-state index is 0.0869. The third kappa shape index (κ3) is 3.91. The molecule has 0 amide bonds. The molecule has 0 saturated carbocycles. The second kappa shape index (κ2) is 3.85. The smallest absolute Gasteiger partial charge is 0.229 e. The van der Waals surface area contributed by atoms with Gasteiger partial charge in [-0.15, -0.1) is 0 Å². The van der Waals surface area contributed by atoms with Gasteiger partial charge in [0.1, 0.15) is 0 Å². The maximum atomic E-state index is 11.0. The van der Waals surface area contributed by atoms with Crippen LogP contribution >= 0.6 is 0 Å². The maximum absolute atomic E-state index is 11.0. The van der Waals surface area contributed by atoms with E-state index in [0.717, 1.165) is 6.26 Å². The Labute approximate surface area is 91.6 Å². The lowest BCUT2D eigenvalue weighted by molar-refractivity contribution is 0.590. The largest absolute Gasteiger partial charge is 0.284 e. The van der Waals surface area contributed by atoms with Gasteiger partial charge in [-0.3, -0.25) is 4.72 Å². The van der Waals surface area contributed by atoms with Gasteiger partial charge in [0.2, 0.25) is 10.0 Å². The number of benzene rings is 1. The second-order valence-corrected chi connectivity index (χ2v) is 6.45. The van der Waals surface area contributed by atoms with Crippen molar-refractivity contribution in [2.75, 3.05) is 11.0 Å². The lowest BCUT2D eigenvalue weighted by Crippen LogP contribution is -2.12. The number of nitrogens with one attached hydrogen (secondary N) is 1. The molecular formula is C11H17NO2S. The van der Waals surface area contributed by atoms with E-state index in [9.17, 15) is 8.42 Å². The van der Waals surface area contributed by atoms with Gasteiger partial charge in [0.05, 0.1) is 6.26 Å². The lowest BCUT2D eigenvalue weighted by atomic mass is 9.87. The third-order valence-electron chi connectivity index (χ3n) is 2.05. The molecule has 3 nitrogen and oxygen atoms in total. The van der Waals surface area contributed by atoms with Gasteiger partial charge in [-0.05, 0) is 23.1 Å². The second-order valence-electron chi connectivity index (χ2n) is 4.70. The Morgan fingerprint density at radius 3 is 1.87 bits per heavy atom. The van der Waals surface area contributed by atoms with Crippen LogP contribution in [0.2, 0.25) is 0 Å². The monoisotopic (exact) mass is 227 g/mol. The average molecular weight is 227 g/mol. The van der Waals surface area contributed by atoms with Crippen molar-refractivity contribution in [3.63, 3.8) is 0 Å². The molecule has 0 atom stereocenters. The van der Waals surface area contributed by atoms with Crippen LogP contribution in [0.15, 0.2) is 24.3 Å². The molecule has 1 aromatic carbocycles. The summed E-state index contributed by atoms with van der Waals surface area (Å²) >= 11 is 0. The molecule has 0 radical (unpaired) electrons. The molecule has 0 aromatic heterocycles. The van der Waals surface area contributed by atoms with Crippen LogP contribution in [0.4, 0.5) is 5.69 Å². The van der Waals surface area contributed by atoms with Crippen molar-refractivity contribution in [1.82, 2.24) is 0 Å². The predicted octanol–water partition coefficient (Wildman–Crippen LogP) is 2.36. The summed E-state index contributed by atoms with van der Waals surface area (Å²) in [7, 11) is -3.18. The SMILES string of the molecule is CC(C)(C)c1ccc(NS(C)(=O)=O)cc1. The normalized spacial score (nSPS) is 12.5. The Hall–Kier alpha value is -1.03. The fourth-order valence-electron chi connectivity index (χ4n) is 1.25. The summed E-state index contributed by atoms with van der Waals surface area (Å²) in [6, 6.07) is 7.43. The zero-order chi connectivity index (χ0) is 11.7. The number of hydrogen-bond donors (Lipinski definition) is 1. The molecule has 0 aliphatic heterocycles. The van der Waals surface area contributed by atoms with Crippen LogP contribution in [0.5, 0.6) is 0 Å². The molecule has 0 fully saturated rings. The van der Waals surface area contributed by atoms with Crippen LogP contribution in [0.25, 0.3) is 0 Å². The van der Waals surface area contributed by atoms with Gasteiger partial charge in [0, 0.05) is 5.69 Å². The molecule has 1 N–H and O–H groups in total. The van der Waals surface area contributed by atoms with Gasteiger partial charge in [0.25, 0.3) is 0 Å². The molecule has 0 saturated heterocycles. The van der Waals surface area contributed by atoms with Crippen molar-refractivity contribution in [3.8, 4) is 0 Å². The molecule has 1 aromatic rings. The first-order valence-electron chi connectivity index (χ1n) is 4.77. The van der Waals surface area contributed by atoms with Gasteiger partial charge in [0.15, 0.2) is 0 Å². The minimum Gasteiger partial charge on any atom is -0.284 e. The first-order valence-corrected chi connectivity index (χ1v) is 6.66. The number of hydrogen-bond acceptors (Lipinski definition) is 2. The first-order chi connectivity index (χ1) is 6.68. The van der Waals surface area contributed by atoms with E-state index in [1.54, 1.807) is 12.1 Å². The summed E-state index contributed by atoms with van der Waals surface area (Å²) in [5.41, 5.74) is 1.87. The van der Waals surface area contributed by atoms with E-state index in [1.165, 1.54) is 5.56 Å². The van der Waals surface area contributed by atoms with Gasteiger partial charge in [-0.1, -0.05) is 32.9 Å². The van der Waals surface area contributed by atoms with Crippen molar-refractivity contribution in [1.29, 1.82) is 0 Å². The van der Waals surface area contributed by atoms with Crippen molar-refractivity contribution < 1.29 is 8.42 Å². The molecule has 0 aliphatic rings. The first kappa shape index (κ1) is 12.0. The zero-order valence-corrected chi connectivity index (χ0v) is 10.4. The summed E-state index contributed by atoms with van der Waals surface area (Å²) in [6.07, 6.45) is 1.14. The van der Waals surface area contributed by atoms with E-state index in [0.29, 0.717) is 5.69 Å². The number of anilines is 1. The van der Waals surface area contributed by atoms with Crippen molar-refractivity contribution >= 4 is 15.7 Å². The van der Waals surface area contributed by atoms with Crippen LogP contribution in [0, 0.1) is 0 Å². The highest BCUT2D eigenvalue weighted by Crippen LogP contribution is 2.23. The van der Waals surface area contributed by atoms with E-state index in [1.807, 2.05) is 12.1 Å². The maximum Gasteiger partial charge on any atom is 0.229 e. The molecular weight excluding hydrogens is 210 g/mol. The van der Waals surface area contributed by atoms with Crippen molar-refractivity contribution in [2.24, 2.45) is 0 Å². The van der Waals surface area contributed by atoms with E-state index >= 15 is 0 Å². The third-order valence-corrected chi connectivity index (χ3v) is 2.66. The highest BCUT2D eigenvalue weighted by molar-refractivity contribution is 7.92. The van der Waals surface area contributed by atoms with Gasteiger partial charge in [-0.25, -0.2) is 8.42 Å². The van der Waals surface area contributed by atoms with E-state index < -0.39 is 10.0 Å². The lowest BCUT2D eigenvalue weighted by Gasteiger charge is -2.19. The van der Waals surface area contributed by atoms with Crippen LogP contribution in [0.1, 0.15) is 26.3 Å². The summed E-state index contributed by atoms with van der Waals surface area (Å²) < 4.78 is 24.4. The average Bonchev–Trinajstić information content (AvgIpc) is 2.00. The summed E-state index contributed by atoms with van der Waals surface area (Å²) in [5, 5.41) is 0. The molecule has 4 heteroatoms. The van der Waals surface area contributed by atoms with Crippen molar-refractivity contribution in [2.45, 2.75) is 26.2 Å². The van der Waals surface area contributed by atoms with E-state index in [2.05, 4.69) is 25.5 Å². The molecule has 0 aliphatic carbocycles. The summed E-state index contributed by atoms with van der Waals surface area (Å²) in [6.45, 7) is 6.35. The van der Waals surface area contributed by atoms with Crippen LogP contribution in [-0.2, 0) is 15.4 Å². The van der Waals surface area contributed by atoms with Gasteiger partial charge < -0.3 is 0 Å². The molecule has 84 valence electrons. The molecule has 0 heterocycles. The fourth-order valence-corrected chi connectivity index (χ4v) is 1.82. The number of sulfonamides is 1. The van der Waals surface area contributed by atoms with Crippen molar-refractivity contribution in [3.05, 3.63) is 29.8 Å². The Morgan fingerprint density at radius 2 is 1.53 bits per heavy atom. The Morgan fingerprint density at radius 1 is 1.07 bits per heavy atom. The molecule has 0 bridgehead atoms. The van der Waals surface area contributed by atoms with Gasteiger partial charge >= 0.3 is 0 Å². The summed E-state index contributed by atoms with van der Waals surface area (Å²) in [5.74, 6) is 0. The Bertz CT molecular complexity index is 427. The molecule has 0 spiro atoms. The molecule has 0 unspecified atom stereocenters. The van der Waals surface area contributed by atoms with Crippen LogP contribution in [-0.4, -0.2) is 14.7 Å².